The number of aromatic hydroxyl groups is 2. The molecular weight excluding hydrogens is 267 g/mol. The van der Waals surface area contributed by atoms with Crippen LogP contribution in [0.15, 0.2) is 36.4 Å². The van der Waals surface area contributed by atoms with Crippen LogP contribution in [0.25, 0.3) is 0 Å². The molecule has 0 aliphatic rings. The van der Waals surface area contributed by atoms with Gasteiger partial charge in [-0.1, -0.05) is 0 Å². The number of carbonyl (C=O) groups excluding carboxylic acids is 2. The Labute approximate surface area is 112 Å². The zero-order valence-electron chi connectivity index (χ0n) is 10.0. The number of hydrogen-bond acceptors (Lipinski definition) is 5. The Hall–Kier alpha value is -2.89. The van der Waals surface area contributed by atoms with E-state index in [4.69, 9.17) is 9.84 Å². The van der Waals surface area contributed by atoms with E-state index in [-0.39, 0.29) is 28.4 Å². The molecule has 0 aromatic heterocycles. The topological polar surface area (TPSA) is 83.8 Å². The molecule has 2 rings (SSSR count). The van der Waals surface area contributed by atoms with Crippen LogP contribution in [-0.2, 0) is 0 Å². The van der Waals surface area contributed by atoms with Crippen molar-refractivity contribution in [2.45, 2.75) is 0 Å². The second kappa shape index (κ2) is 5.40. The van der Waals surface area contributed by atoms with Crippen LogP contribution < -0.4 is 4.74 Å². The molecule has 0 amide bonds. The minimum atomic E-state index is -0.981. The SMILES string of the molecule is O=Cc1cc(OC(=O)c2ccc(O)cc2F)ccc1O. The quantitative estimate of drug-likeness (QED) is 0.510. The lowest BCUT2D eigenvalue weighted by atomic mass is 10.2. The summed E-state index contributed by atoms with van der Waals surface area (Å²) in [5.74, 6) is -2.49. The maximum absolute atomic E-state index is 13.5. The van der Waals surface area contributed by atoms with Gasteiger partial charge in [0.2, 0.25) is 0 Å². The van der Waals surface area contributed by atoms with Gasteiger partial charge >= 0.3 is 5.97 Å². The number of phenolic OH excluding ortho intramolecular Hbond substituents is 2. The summed E-state index contributed by atoms with van der Waals surface area (Å²) in [5, 5.41) is 18.4. The minimum Gasteiger partial charge on any atom is -0.508 e. The zero-order valence-corrected chi connectivity index (χ0v) is 10.0. The minimum absolute atomic E-state index is 0.0117. The molecule has 102 valence electrons. The second-order valence-corrected chi connectivity index (χ2v) is 3.89. The van der Waals surface area contributed by atoms with Gasteiger partial charge in [0, 0.05) is 6.07 Å². The second-order valence-electron chi connectivity index (χ2n) is 3.89. The first kappa shape index (κ1) is 13.5. The van der Waals surface area contributed by atoms with Crippen molar-refractivity contribution in [3.05, 3.63) is 53.3 Å². The van der Waals surface area contributed by atoms with Gasteiger partial charge in [-0.15, -0.1) is 0 Å². The first-order valence-electron chi connectivity index (χ1n) is 5.50. The highest BCUT2D eigenvalue weighted by atomic mass is 19.1. The number of aldehydes is 1. The van der Waals surface area contributed by atoms with E-state index in [0.717, 1.165) is 24.3 Å². The van der Waals surface area contributed by atoms with E-state index >= 15 is 0 Å². The first-order chi connectivity index (χ1) is 9.51. The zero-order chi connectivity index (χ0) is 14.7. The van der Waals surface area contributed by atoms with Crippen molar-refractivity contribution in [1.82, 2.24) is 0 Å². The number of ether oxygens (including phenoxy) is 1. The highest BCUT2D eigenvalue weighted by Gasteiger charge is 2.15. The summed E-state index contributed by atoms with van der Waals surface area (Å²) in [5.41, 5.74) is -0.412. The third kappa shape index (κ3) is 2.74. The molecule has 0 saturated carbocycles. The molecule has 0 aliphatic carbocycles. The molecule has 0 bridgehead atoms. The van der Waals surface area contributed by atoms with Crippen molar-refractivity contribution in [2.75, 3.05) is 0 Å². The predicted octanol–water partition coefficient (Wildman–Crippen LogP) is 2.27. The summed E-state index contributed by atoms with van der Waals surface area (Å²) < 4.78 is 18.3. The molecule has 0 fully saturated rings. The van der Waals surface area contributed by atoms with E-state index in [9.17, 15) is 19.1 Å². The van der Waals surface area contributed by atoms with Crippen LogP contribution in [0, 0.1) is 5.82 Å². The number of hydrogen-bond donors (Lipinski definition) is 2. The van der Waals surface area contributed by atoms with E-state index in [1.807, 2.05) is 0 Å². The van der Waals surface area contributed by atoms with Crippen LogP contribution in [0.3, 0.4) is 0 Å². The molecule has 20 heavy (non-hydrogen) atoms. The summed E-state index contributed by atoms with van der Waals surface area (Å²) in [4.78, 5) is 22.4. The molecule has 0 unspecified atom stereocenters. The van der Waals surface area contributed by atoms with Crippen LogP contribution in [-0.4, -0.2) is 22.5 Å². The Morgan fingerprint density at radius 3 is 2.55 bits per heavy atom. The van der Waals surface area contributed by atoms with Crippen molar-refractivity contribution < 1.29 is 28.9 Å². The van der Waals surface area contributed by atoms with E-state index in [2.05, 4.69) is 0 Å². The monoisotopic (exact) mass is 276 g/mol. The van der Waals surface area contributed by atoms with Crippen molar-refractivity contribution in [3.63, 3.8) is 0 Å². The van der Waals surface area contributed by atoms with Crippen molar-refractivity contribution in [1.29, 1.82) is 0 Å². The molecule has 6 heteroatoms. The molecule has 2 N–H and O–H groups in total. The predicted molar refractivity (Wildman–Crippen MR) is 66.5 cm³/mol. The smallest absolute Gasteiger partial charge is 0.346 e. The summed E-state index contributed by atoms with van der Waals surface area (Å²) >= 11 is 0. The average Bonchev–Trinajstić information content (AvgIpc) is 2.40. The molecule has 2 aromatic rings. The Morgan fingerprint density at radius 2 is 1.90 bits per heavy atom. The molecule has 5 nitrogen and oxygen atoms in total. The molecule has 0 heterocycles. The fraction of sp³-hybridized carbons (Fsp3) is 0. The van der Waals surface area contributed by atoms with Crippen molar-refractivity contribution in [3.8, 4) is 17.2 Å². The van der Waals surface area contributed by atoms with Gasteiger partial charge in [-0.2, -0.15) is 0 Å². The van der Waals surface area contributed by atoms with Crippen LogP contribution in [0.1, 0.15) is 20.7 Å². The van der Waals surface area contributed by atoms with Gasteiger partial charge in [-0.3, -0.25) is 4.79 Å². The molecule has 0 radical (unpaired) electrons. The Morgan fingerprint density at radius 1 is 1.15 bits per heavy atom. The maximum atomic E-state index is 13.5. The van der Waals surface area contributed by atoms with Gasteiger partial charge in [0.1, 0.15) is 23.1 Å². The summed E-state index contributed by atoms with van der Waals surface area (Å²) in [6, 6.07) is 6.60. The van der Waals surface area contributed by atoms with Gasteiger partial charge in [-0.25, -0.2) is 9.18 Å². The molecule has 0 atom stereocenters. The molecular formula is C14H9FO5. The highest BCUT2D eigenvalue weighted by molar-refractivity contribution is 5.91. The van der Waals surface area contributed by atoms with Gasteiger partial charge in [0.25, 0.3) is 0 Å². The number of benzene rings is 2. The number of esters is 1. The lowest BCUT2D eigenvalue weighted by molar-refractivity contribution is 0.0729. The number of phenols is 2. The lowest BCUT2D eigenvalue weighted by Crippen LogP contribution is -2.10. The number of halogens is 1. The molecule has 0 aliphatic heterocycles. The molecule has 0 spiro atoms. The van der Waals surface area contributed by atoms with E-state index in [1.54, 1.807) is 0 Å². The van der Waals surface area contributed by atoms with Gasteiger partial charge in [0.05, 0.1) is 11.1 Å². The van der Waals surface area contributed by atoms with E-state index in [0.29, 0.717) is 6.29 Å². The normalized spacial score (nSPS) is 10.1. The van der Waals surface area contributed by atoms with Crippen LogP contribution in [0.2, 0.25) is 0 Å². The van der Waals surface area contributed by atoms with Crippen LogP contribution in [0.5, 0.6) is 17.2 Å². The lowest BCUT2D eigenvalue weighted by Gasteiger charge is -2.06. The summed E-state index contributed by atoms with van der Waals surface area (Å²) in [6.07, 6.45) is 0.397. The fourth-order valence-electron chi connectivity index (χ4n) is 1.52. The third-order valence-electron chi connectivity index (χ3n) is 2.51. The largest absolute Gasteiger partial charge is 0.508 e. The van der Waals surface area contributed by atoms with Gasteiger partial charge in [-0.05, 0) is 30.3 Å². The van der Waals surface area contributed by atoms with Gasteiger partial charge in [0.15, 0.2) is 6.29 Å². The van der Waals surface area contributed by atoms with Gasteiger partial charge < -0.3 is 14.9 Å². The highest BCUT2D eigenvalue weighted by Crippen LogP contribution is 2.23. The van der Waals surface area contributed by atoms with E-state index < -0.39 is 11.8 Å². The average molecular weight is 276 g/mol. The van der Waals surface area contributed by atoms with Crippen molar-refractivity contribution >= 4 is 12.3 Å². The maximum Gasteiger partial charge on any atom is 0.346 e. The van der Waals surface area contributed by atoms with E-state index in [1.165, 1.54) is 12.1 Å². The number of carbonyl (C=O) groups is 2. The first-order valence-corrected chi connectivity index (χ1v) is 5.50. The molecule has 2 aromatic carbocycles. The Bertz CT molecular complexity index is 681. The number of rotatable bonds is 3. The van der Waals surface area contributed by atoms with Crippen LogP contribution >= 0.6 is 0 Å². The summed E-state index contributed by atoms with van der Waals surface area (Å²) in [7, 11) is 0. The standard InChI is InChI=1S/C14H9FO5/c15-12-6-9(17)1-3-11(12)14(19)20-10-2-4-13(18)8(5-10)7-16/h1-7,17-18H. The summed E-state index contributed by atoms with van der Waals surface area (Å²) in [6.45, 7) is 0. The Kier molecular flexibility index (Phi) is 3.65. The Balaban J connectivity index is 2.25. The fourth-order valence-corrected chi connectivity index (χ4v) is 1.52. The van der Waals surface area contributed by atoms with Crippen LogP contribution in [0.4, 0.5) is 4.39 Å². The third-order valence-corrected chi connectivity index (χ3v) is 2.51. The molecule has 0 saturated heterocycles. The van der Waals surface area contributed by atoms with Crippen molar-refractivity contribution in [2.24, 2.45) is 0 Å².